The Morgan fingerprint density at radius 3 is 3.33 bits per heavy atom. The molecule has 0 saturated carbocycles. The molecule has 1 aliphatic rings. The molecule has 0 saturated heterocycles. The topological polar surface area (TPSA) is 34.0 Å². The van der Waals surface area contributed by atoms with Gasteiger partial charge in [-0.25, -0.2) is 9.67 Å². The lowest BCUT2D eigenvalue weighted by Gasteiger charge is -2.24. The zero-order chi connectivity index (χ0) is 8.39. The lowest BCUT2D eigenvalue weighted by Crippen LogP contribution is -2.34. The summed E-state index contributed by atoms with van der Waals surface area (Å²) in [6.07, 6.45) is 3.54. The van der Waals surface area contributed by atoms with Gasteiger partial charge in [0.15, 0.2) is 0 Å². The molecule has 0 unspecified atom stereocenters. The third kappa shape index (κ3) is 1.25. The molecule has 64 valence electrons. The summed E-state index contributed by atoms with van der Waals surface area (Å²) in [5.41, 5.74) is 0. The van der Waals surface area contributed by atoms with E-state index >= 15 is 0 Å². The summed E-state index contributed by atoms with van der Waals surface area (Å²) in [4.78, 5) is 6.47. The normalized spacial score (nSPS) is 17.3. The molecule has 0 aliphatic carbocycles. The molecule has 0 spiro atoms. The van der Waals surface area contributed by atoms with Crippen molar-refractivity contribution in [3.8, 4) is 0 Å². The van der Waals surface area contributed by atoms with E-state index < -0.39 is 0 Å². The third-order valence-electron chi connectivity index (χ3n) is 2.08. The van der Waals surface area contributed by atoms with Crippen LogP contribution in [-0.2, 0) is 13.1 Å². The average molecular weight is 164 g/mol. The van der Waals surface area contributed by atoms with Crippen molar-refractivity contribution in [1.82, 2.24) is 19.7 Å². The number of aromatic nitrogens is 3. The number of rotatable bonds is 2. The van der Waals surface area contributed by atoms with Gasteiger partial charge >= 0.3 is 0 Å². The summed E-state index contributed by atoms with van der Waals surface area (Å²) in [6.45, 7) is 7.54. The molecular weight excluding hydrogens is 152 g/mol. The summed E-state index contributed by atoms with van der Waals surface area (Å²) in [5, 5.41) is 4.10. The first-order chi connectivity index (χ1) is 5.90. The zero-order valence-electron chi connectivity index (χ0n) is 6.98. The Kier molecular flexibility index (Phi) is 1.91. The van der Waals surface area contributed by atoms with Crippen LogP contribution in [0.3, 0.4) is 0 Å². The van der Waals surface area contributed by atoms with Gasteiger partial charge in [-0.3, -0.25) is 4.90 Å². The van der Waals surface area contributed by atoms with E-state index in [0.717, 1.165) is 32.0 Å². The van der Waals surface area contributed by atoms with Gasteiger partial charge in [-0.1, -0.05) is 6.08 Å². The van der Waals surface area contributed by atoms with E-state index in [9.17, 15) is 0 Å². The fraction of sp³-hybridized carbons (Fsp3) is 0.500. The van der Waals surface area contributed by atoms with Crippen LogP contribution >= 0.6 is 0 Å². The fourth-order valence-corrected chi connectivity index (χ4v) is 1.45. The third-order valence-corrected chi connectivity index (χ3v) is 2.08. The van der Waals surface area contributed by atoms with Gasteiger partial charge in [0.25, 0.3) is 0 Å². The van der Waals surface area contributed by atoms with Crippen LogP contribution in [0.1, 0.15) is 5.82 Å². The van der Waals surface area contributed by atoms with Crippen molar-refractivity contribution in [3.63, 3.8) is 0 Å². The van der Waals surface area contributed by atoms with Crippen LogP contribution in [0.15, 0.2) is 19.0 Å². The van der Waals surface area contributed by atoms with E-state index in [0.29, 0.717) is 0 Å². The van der Waals surface area contributed by atoms with Gasteiger partial charge in [-0.05, 0) is 0 Å². The second-order valence-corrected chi connectivity index (χ2v) is 2.92. The van der Waals surface area contributed by atoms with Gasteiger partial charge < -0.3 is 0 Å². The van der Waals surface area contributed by atoms with Crippen molar-refractivity contribution in [2.45, 2.75) is 13.1 Å². The highest BCUT2D eigenvalue weighted by Crippen LogP contribution is 2.07. The molecule has 1 aromatic heterocycles. The lowest BCUT2D eigenvalue weighted by molar-refractivity contribution is 0.230. The second kappa shape index (κ2) is 3.06. The summed E-state index contributed by atoms with van der Waals surface area (Å²) in [6, 6.07) is 0. The fourth-order valence-electron chi connectivity index (χ4n) is 1.45. The lowest BCUT2D eigenvalue weighted by atomic mass is 10.3. The standard InChI is InChI=1S/C8H12N4/c1-2-3-11-4-5-12-8(6-11)9-7-10-12/h2,7H,1,3-6H2. The van der Waals surface area contributed by atoms with Crippen molar-refractivity contribution in [2.75, 3.05) is 13.1 Å². The van der Waals surface area contributed by atoms with Crippen LogP contribution in [0.5, 0.6) is 0 Å². The highest BCUT2D eigenvalue weighted by molar-refractivity contribution is 4.90. The van der Waals surface area contributed by atoms with E-state index in [4.69, 9.17) is 0 Å². The van der Waals surface area contributed by atoms with Crippen LogP contribution in [-0.4, -0.2) is 32.8 Å². The molecule has 0 amide bonds. The van der Waals surface area contributed by atoms with Crippen LogP contribution in [0.2, 0.25) is 0 Å². The van der Waals surface area contributed by atoms with Crippen molar-refractivity contribution in [1.29, 1.82) is 0 Å². The van der Waals surface area contributed by atoms with Gasteiger partial charge in [-0.2, -0.15) is 5.10 Å². The highest BCUT2D eigenvalue weighted by Gasteiger charge is 2.15. The Bertz CT molecular complexity index is 278. The Hall–Kier alpha value is -1.16. The molecule has 12 heavy (non-hydrogen) atoms. The molecule has 0 aromatic carbocycles. The molecule has 0 radical (unpaired) electrons. The minimum atomic E-state index is 0.895. The summed E-state index contributed by atoms with van der Waals surface area (Å²) < 4.78 is 1.96. The number of fused-ring (bicyclic) bond motifs is 1. The van der Waals surface area contributed by atoms with Gasteiger partial charge in [0.1, 0.15) is 12.2 Å². The largest absolute Gasteiger partial charge is 0.290 e. The molecule has 1 aromatic rings. The summed E-state index contributed by atoms with van der Waals surface area (Å²) in [7, 11) is 0. The Balaban J connectivity index is 2.09. The Labute approximate surface area is 71.5 Å². The van der Waals surface area contributed by atoms with Crippen LogP contribution in [0, 0.1) is 0 Å². The molecular formula is C8H12N4. The first-order valence-corrected chi connectivity index (χ1v) is 4.10. The number of hydrogen-bond donors (Lipinski definition) is 0. The van der Waals surface area contributed by atoms with Crippen molar-refractivity contribution in [2.24, 2.45) is 0 Å². The van der Waals surface area contributed by atoms with Crippen molar-refractivity contribution >= 4 is 0 Å². The molecule has 2 rings (SSSR count). The minimum absolute atomic E-state index is 0.895. The molecule has 4 nitrogen and oxygen atoms in total. The predicted octanol–water partition coefficient (Wildman–Crippen LogP) is 0.280. The predicted molar refractivity (Wildman–Crippen MR) is 45.5 cm³/mol. The minimum Gasteiger partial charge on any atom is -0.290 e. The maximum atomic E-state index is 4.17. The maximum absolute atomic E-state index is 4.17. The molecule has 0 atom stereocenters. The number of nitrogens with zero attached hydrogens (tertiary/aromatic N) is 4. The van der Waals surface area contributed by atoms with E-state index in [1.807, 2.05) is 10.8 Å². The van der Waals surface area contributed by atoms with E-state index in [1.165, 1.54) is 0 Å². The quantitative estimate of drug-likeness (QED) is 0.589. The van der Waals surface area contributed by atoms with Crippen molar-refractivity contribution < 1.29 is 0 Å². The molecule has 0 N–H and O–H groups in total. The van der Waals surface area contributed by atoms with Gasteiger partial charge in [-0.15, -0.1) is 6.58 Å². The molecule has 0 bridgehead atoms. The second-order valence-electron chi connectivity index (χ2n) is 2.92. The van der Waals surface area contributed by atoms with Crippen molar-refractivity contribution in [3.05, 3.63) is 24.8 Å². The Morgan fingerprint density at radius 1 is 1.58 bits per heavy atom. The highest BCUT2D eigenvalue weighted by atomic mass is 15.4. The average Bonchev–Trinajstić information content (AvgIpc) is 2.51. The molecule has 0 fully saturated rings. The number of hydrogen-bond acceptors (Lipinski definition) is 3. The zero-order valence-corrected chi connectivity index (χ0v) is 6.98. The monoisotopic (exact) mass is 164 g/mol. The molecule has 2 heterocycles. The van der Waals surface area contributed by atoms with E-state index in [2.05, 4.69) is 21.6 Å². The SMILES string of the molecule is C=CCN1CCn2ncnc2C1. The van der Waals surface area contributed by atoms with Crippen LogP contribution in [0.25, 0.3) is 0 Å². The van der Waals surface area contributed by atoms with Gasteiger partial charge in [0.2, 0.25) is 0 Å². The smallest absolute Gasteiger partial charge is 0.141 e. The van der Waals surface area contributed by atoms with E-state index in [-0.39, 0.29) is 0 Å². The first kappa shape index (κ1) is 7.49. The Morgan fingerprint density at radius 2 is 2.50 bits per heavy atom. The summed E-state index contributed by atoms with van der Waals surface area (Å²) in [5.74, 6) is 1.06. The molecule has 1 aliphatic heterocycles. The first-order valence-electron chi connectivity index (χ1n) is 4.10. The molecule has 4 heteroatoms. The van der Waals surface area contributed by atoms with Gasteiger partial charge in [0.05, 0.1) is 13.1 Å². The maximum Gasteiger partial charge on any atom is 0.141 e. The van der Waals surface area contributed by atoms with Crippen LogP contribution in [0.4, 0.5) is 0 Å². The van der Waals surface area contributed by atoms with Gasteiger partial charge in [0, 0.05) is 13.1 Å². The van der Waals surface area contributed by atoms with E-state index in [1.54, 1.807) is 6.33 Å². The summed E-state index contributed by atoms with van der Waals surface area (Å²) >= 11 is 0. The van der Waals surface area contributed by atoms with Crippen LogP contribution < -0.4 is 0 Å².